The fraction of sp³-hybridized carbons (Fsp3) is 0.545. The first kappa shape index (κ1) is 37.5. The van der Waals surface area contributed by atoms with Gasteiger partial charge in [-0.2, -0.15) is 4.31 Å². The number of nitrogen functional groups attached to an aromatic ring is 1. The van der Waals surface area contributed by atoms with Gasteiger partial charge in [0.05, 0.1) is 19.5 Å². The third-order valence-corrected chi connectivity index (χ3v) is 10.6. The van der Waals surface area contributed by atoms with Gasteiger partial charge in [-0.1, -0.05) is 6.08 Å². The number of rotatable bonds is 13. The highest BCUT2D eigenvalue weighted by molar-refractivity contribution is 7.61. The van der Waals surface area contributed by atoms with Gasteiger partial charge in [-0.25, -0.2) is 28.6 Å². The lowest BCUT2D eigenvalue weighted by Crippen LogP contribution is -2.44. The van der Waals surface area contributed by atoms with Crippen LogP contribution < -0.4 is 11.5 Å². The number of ether oxygens (including phenoxy) is 2. The lowest BCUT2D eigenvalue weighted by molar-refractivity contribution is -0.115. The zero-order chi connectivity index (χ0) is 36.1. The SMILES string of the molecule is C[C@]1(COP(=O)(O)OP(=O)(O)OC[C@H]2O[C@@H](N3C=CCC(C(N)=O)=C3)[C@H](O)[C@@H]2O)O[C@@H](n2cnc3c(N)ncnc32)[C@H](OP(=O)(O)O)[C@H]1O. The summed E-state index contributed by atoms with van der Waals surface area (Å²) in [4.78, 5) is 63.9. The smallest absolute Gasteiger partial charge is 0.387 e. The lowest BCUT2D eigenvalue weighted by Gasteiger charge is -2.28. The van der Waals surface area contributed by atoms with Gasteiger partial charge in [0.2, 0.25) is 5.91 Å². The number of nitrogens with two attached hydrogens (primary N) is 2. The molecule has 0 aromatic carbocycles. The Hall–Kier alpha value is -2.73. The van der Waals surface area contributed by atoms with Crippen LogP contribution >= 0.6 is 23.5 Å². The second-order valence-electron chi connectivity index (χ2n) is 11.1. The van der Waals surface area contributed by atoms with E-state index in [1.807, 2.05) is 0 Å². The minimum atomic E-state index is -5.56. The zero-order valence-electron chi connectivity index (χ0n) is 25.0. The molecule has 0 aliphatic carbocycles. The maximum absolute atomic E-state index is 12.7. The maximum atomic E-state index is 12.7. The van der Waals surface area contributed by atoms with Crippen LogP contribution in [0.1, 0.15) is 19.6 Å². The summed E-state index contributed by atoms with van der Waals surface area (Å²) in [5.41, 5.74) is 9.18. The maximum Gasteiger partial charge on any atom is 0.481 e. The second kappa shape index (κ2) is 13.8. The summed E-state index contributed by atoms with van der Waals surface area (Å²) in [6.45, 7) is -0.960. The van der Waals surface area contributed by atoms with Gasteiger partial charge in [-0.3, -0.25) is 22.9 Å². The number of carbonyl (C=O) groups is 1. The summed E-state index contributed by atoms with van der Waals surface area (Å²) in [5.74, 6) is -0.796. The van der Waals surface area contributed by atoms with E-state index in [1.165, 1.54) is 23.4 Å². The molecular formula is C22H32N7O17P3. The normalized spacial score (nSPS) is 33.0. The highest BCUT2D eigenvalue weighted by atomic mass is 31.3. The Morgan fingerprint density at radius 3 is 2.43 bits per heavy atom. The number of fused-ring (bicyclic) bond motifs is 1. The van der Waals surface area contributed by atoms with Crippen LogP contribution in [0.3, 0.4) is 0 Å². The number of allylic oxidation sites excluding steroid dienone is 1. The van der Waals surface area contributed by atoms with Crippen LogP contribution in [0.15, 0.2) is 36.7 Å². The van der Waals surface area contributed by atoms with E-state index in [-0.39, 0.29) is 29.0 Å². The highest BCUT2D eigenvalue weighted by Gasteiger charge is 2.57. The number of phosphoric acid groups is 3. The van der Waals surface area contributed by atoms with Crippen LogP contribution in [-0.2, 0) is 45.8 Å². The van der Waals surface area contributed by atoms with Gasteiger partial charge in [0, 0.05) is 18.0 Å². The quantitative estimate of drug-likeness (QED) is 0.0980. The first-order valence-electron chi connectivity index (χ1n) is 13.9. The van der Waals surface area contributed by atoms with E-state index >= 15 is 0 Å². The number of aliphatic hydroxyl groups excluding tert-OH is 3. The summed E-state index contributed by atoms with van der Waals surface area (Å²) < 4.78 is 68.0. The van der Waals surface area contributed by atoms with Crippen molar-refractivity contribution >= 4 is 46.4 Å². The largest absolute Gasteiger partial charge is 0.481 e. The van der Waals surface area contributed by atoms with Gasteiger partial charge < -0.3 is 60.7 Å². The molecular weight excluding hydrogens is 727 g/mol. The highest BCUT2D eigenvalue weighted by Crippen LogP contribution is 2.61. The van der Waals surface area contributed by atoms with Crippen molar-refractivity contribution in [2.75, 3.05) is 18.9 Å². The van der Waals surface area contributed by atoms with Crippen LogP contribution in [0.5, 0.6) is 0 Å². The van der Waals surface area contributed by atoms with E-state index in [1.54, 1.807) is 0 Å². The standard InChI is InChI=1S/C22H32N7O17P3/c1-22(16(32)15(45-47(34,35)36)21(44-22)29-9-27-12-17(23)25-8-26-19(12)29)7-42-49(39,40)46-48(37,38)41-6-11-13(30)14(31)20(43-11)28-4-2-3-10(5-28)18(24)33/h2,4-5,8-9,11,13-16,20-21,30-32H,3,6-7H2,1H3,(H2,24,33)(H,37,38)(H,39,40)(H2,23,25,26)(H2,34,35,36)/t11-,13-,14-,15-,16-,20-,21-,22-/m1/s1. The van der Waals surface area contributed by atoms with Crippen LogP contribution in [0.2, 0.25) is 0 Å². The Morgan fingerprint density at radius 1 is 1.06 bits per heavy atom. The molecule has 49 heavy (non-hydrogen) atoms. The molecule has 27 heteroatoms. The molecule has 0 saturated carbocycles. The summed E-state index contributed by atoms with van der Waals surface area (Å²) in [5, 5.41) is 31.9. The Kier molecular flexibility index (Phi) is 10.5. The molecule has 10 atom stereocenters. The number of phosphoric ester groups is 3. The van der Waals surface area contributed by atoms with E-state index in [0.717, 1.165) is 24.1 Å². The predicted molar refractivity (Wildman–Crippen MR) is 157 cm³/mol. The third-order valence-electron chi connectivity index (χ3n) is 7.52. The molecule has 3 aliphatic rings. The van der Waals surface area contributed by atoms with Gasteiger partial charge in [0.25, 0.3) is 0 Å². The number of anilines is 1. The Balaban J connectivity index is 1.23. The van der Waals surface area contributed by atoms with E-state index < -0.39 is 91.2 Å². The minimum Gasteiger partial charge on any atom is -0.387 e. The Labute approximate surface area is 274 Å². The van der Waals surface area contributed by atoms with Gasteiger partial charge in [-0.05, 0) is 13.3 Å². The van der Waals surface area contributed by atoms with Crippen LogP contribution in [0.4, 0.5) is 5.82 Å². The molecule has 3 aliphatic heterocycles. The summed E-state index contributed by atoms with van der Waals surface area (Å²) in [7, 11) is -16.4. The molecule has 272 valence electrons. The van der Waals surface area contributed by atoms with E-state index in [9.17, 15) is 53.4 Å². The van der Waals surface area contributed by atoms with E-state index in [2.05, 4.69) is 19.3 Å². The summed E-state index contributed by atoms with van der Waals surface area (Å²) in [6, 6.07) is 0. The summed E-state index contributed by atoms with van der Waals surface area (Å²) >= 11 is 0. The van der Waals surface area contributed by atoms with Crippen molar-refractivity contribution in [3.8, 4) is 0 Å². The number of primary amides is 1. The van der Waals surface area contributed by atoms with Crippen LogP contribution in [0.25, 0.3) is 11.2 Å². The fourth-order valence-electron chi connectivity index (χ4n) is 5.14. The number of aromatic nitrogens is 4. The monoisotopic (exact) mass is 759 g/mol. The molecule has 0 spiro atoms. The first-order chi connectivity index (χ1) is 22.7. The van der Waals surface area contributed by atoms with Gasteiger partial charge >= 0.3 is 23.5 Å². The van der Waals surface area contributed by atoms with Crippen molar-refractivity contribution in [1.82, 2.24) is 24.4 Å². The molecule has 5 rings (SSSR count). The first-order valence-corrected chi connectivity index (χ1v) is 18.4. The molecule has 2 unspecified atom stereocenters. The van der Waals surface area contributed by atoms with Gasteiger partial charge in [0.1, 0.15) is 48.0 Å². The van der Waals surface area contributed by atoms with E-state index in [4.69, 9.17) is 34.5 Å². The van der Waals surface area contributed by atoms with Crippen LogP contribution in [-0.4, -0.2) is 121 Å². The number of nitrogens with zero attached hydrogens (tertiary/aromatic N) is 5. The molecule has 2 aromatic heterocycles. The van der Waals surface area contributed by atoms with Crippen molar-refractivity contribution in [2.24, 2.45) is 5.73 Å². The van der Waals surface area contributed by atoms with Crippen molar-refractivity contribution in [1.29, 1.82) is 0 Å². The zero-order valence-corrected chi connectivity index (χ0v) is 27.7. The average molecular weight is 759 g/mol. The molecule has 11 N–H and O–H groups in total. The molecule has 5 heterocycles. The molecule has 2 fully saturated rings. The predicted octanol–water partition coefficient (Wildman–Crippen LogP) is -2.18. The molecule has 0 bridgehead atoms. The molecule has 24 nitrogen and oxygen atoms in total. The lowest BCUT2D eigenvalue weighted by atomic mass is 9.99. The number of carbonyl (C=O) groups excluding carboxylic acids is 1. The third kappa shape index (κ3) is 8.26. The minimum absolute atomic E-state index is 0.00168. The van der Waals surface area contributed by atoms with Crippen molar-refractivity contribution < 1.29 is 80.7 Å². The molecule has 2 aromatic rings. The second-order valence-corrected chi connectivity index (χ2v) is 15.3. The number of hydrogen-bond acceptors (Lipinski definition) is 18. The average Bonchev–Trinajstić information content (AvgIpc) is 3.64. The van der Waals surface area contributed by atoms with Crippen molar-refractivity contribution in [3.05, 3.63) is 36.7 Å². The Morgan fingerprint density at radius 2 is 1.76 bits per heavy atom. The number of amides is 1. The summed E-state index contributed by atoms with van der Waals surface area (Å²) in [6.07, 6.45) is -4.93. The van der Waals surface area contributed by atoms with Crippen molar-refractivity contribution in [3.63, 3.8) is 0 Å². The number of aliphatic hydroxyl groups is 3. The molecule has 1 amide bonds. The number of imidazole rings is 1. The Bertz CT molecular complexity index is 1790. The van der Waals surface area contributed by atoms with Gasteiger partial charge in [-0.15, -0.1) is 0 Å². The fourth-order valence-corrected chi connectivity index (χ4v) is 7.85. The van der Waals surface area contributed by atoms with Crippen molar-refractivity contribution in [2.45, 2.75) is 61.9 Å². The van der Waals surface area contributed by atoms with Crippen LogP contribution in [0, 0.1) is 0 Å². The van der Waals surface area contributed by atoms with E-state index in [0.29, 0.717) is 0 Å². The molecule has 0 radical (unpaired) electrons. The topological polar surface area (TPSA) is 364 Å². The van der Waals surface area contributed by atoms with Gasteiger partial charge in [0.15, 0.2) is 23.9 Å². The number of hydrogen-bond donors (Lipinski definition) is 9. The molecule has 2 saturated heterocycles.